The molecule has 2 heterocycles. The van der Waals surface area contributed by atoms with E-state index in [4.69, 9.17) is 9.68 Å². The lowest BCUT2D eigenvalue weighted by atomic mass is 10.1. The lowest BCUT2D eigenvalue weighted by molar-refractivity contribution is -0.115. The number of aromatic nitrogens is 2. The van der Waals surface area contributed by atoms with E-state index in [9.17, 15) is 4.79 Å². The van der Waals surface area contributed by atoms with Gasteiger partial charge in [-0.15, -0.1) is 21.5 Å². The molecule has 0 fully saturated rings. The summed E-state index contributed by atoms with van der Waals surface area (Å²) >= 11 is 2.49. The lowest BCUT2D eigenvalue weighted by Gasteiger charge is -2.08. The fourth-order valence-electron chi connectivity index (χ4n) is 2.16. The molecule has 1 N–H and O–H groups in total. The predicted molar refractivity (Wildman–Crippen MR) is 102 cm³/mol. The van der Waals surface area contributed by atoms with Gasteiger partial charge < -0.3 is 9.73 Å². The van der Waals surface area contributed by atoms with Crippen LogP contribution in [0.25, 0.3) is 11.5 Å². The zero-order valence-corrected chi connectivity index (χ0v) is 16.1. The first kappa shape index (κ1) is 18.2. The van der Waals surface area contributed by atoms with E-state index in [1.165, 1.54) is 28.7 Å². The number of hydrogen-bond acceptors (Lipinski definition) is 7. The minimum Gasteiger partial charge on any atom is -0.411 e. The topological polar surface area (TPSA) is 91.8 Å². The number of rotatable bonds is 5. The van der Waals surface area contributed by atoms with Crippen molar-refractivity contribution in [3.8, 4) is 17.5 Å². The van der Waals surface area contributed by atoms with E-state index >= 15 is 0 Å². The van der Waals surface area contributed by atoms with Crippen LogP contribution in [0.1, 0.15) is 23.6 Å². The maximum absolute atomic E-state index is 12.3. The number of nitrogens with one attached hydrogen (secondary N) is 1. The van der Waals surface area contributed by atoms with E-state index in [-0.39, 0.29) is 5.91 Å². The number of anilines is 1. The highest BCUT2D eigenvalue weighted by molar-refractivity contribution is 8.00. The highest BCUT2D eigenvalue weighted by atomic mass is 32.2. The van der Waals surface area contributed by atoms with Crippen molar-refractivity contribution in [2.75, 3.05) is 5.32 Å². The SMILES string of the molecule is Cc1ccc(-c2nnc(S[C@@H](C)C(=O)Nc3sccc3C#N)o2)cc1C. The van der Waals surface area contributed by atoms with Gasteiger partial charge in [0.1, 0.15) is 11.1 Å². The van der Waals surface area contributed by atoms with Gasteiger partial charge in [-0.25, -0.2) is 0 Å². The first-order valence-electron chi connectivity index (χ1n) is 7.84. The monoisotopic (exact) mass is 384 g/mol. The van der Waals surface area contributed by atoms with Gasteiger partial charge in [0.25, 0.3) is 5.22 Å². The highest BCUT2D eigenvalue weighted by Crippen LogP contribution is 2.29. The van der Waals surface area contributed by atoms with Crippen LogP contribution in [0.2, 0.25) is 0 Å². The number of carbonyl (C=O) groups excluding carboxylic acids is 1. The third kappa shape index (κ3) is 3.95. The summed E-state index contributed by atoms with van der Waals surface area (Å²) in [4.78, 5) is 12.3. The molecule has 0 aliphatic heterocycles. The molecule has 8 heteroatoms. The summed E-state index contributed by atoms with van der Waals surface area (Å²) in [5.74, 6) is 0.202. The Morgan fingerprint density at radius 3 is 2.85 bits per heavy atom. The second-order valence-corrected chi connectivity index (χ2v) is 7.90. The number of nitriles is 1. The molecular formula is C18H16N4O2S2. The Morgan fingerprint density at radius 2 is 2.12 bits per heavy atom. The largest absolute Gasteiger partial charge is 0.411 e. The van der Waals surface area contributed by atoms with Crippen LogP contribution in [-0.4, -0.2) is 21.4 Å². The third-order valence-electron chi connectivity index (χ3n) is 3.83. The van der Waals surface area contributed by atoms with Gasteiger partial charge in [-0.2, -0.15) is 5.26 Å². The molecule has 0 bridgehead atoms. The summed E-state index contributed by atoms with van der Waals surface area (Å²) in [7, 11) is 0. The minimum atomic E-state index is -0.448. The average Bonchev–Trinajstić information content (AvgIpc) is 3.26. The normalized spacial score (nSPS) is 11.8. The summed E-state index contributed by atoms with van der Waals surface area (Å²) in [6.07, 6.45) is 0. The average molecular weight is 384 g/mol. The molecule has 0 saturated heterocycles. The second kappa shape index (κ2) is 7.72. The van der Waals surface area contributed by atoms with Gasteiger partial charge in [0.05, 0.1) is 10.8 Å². The van der Waals surface area contributed by atoms with E-state index in [1.54, 1.807) is 18.4 Å². The highest BCUT2D eigenvalue weighted by Gasteiger charge is 2.20. The van der Waals surface area contributed by atoms with Crippen LogP contribution in [0.4, 0.5) is 5.00 Å². The van der Waals surface area contributed by atoms with Gasteiger partial charge in [0.2, 0.25) is 11.8 Å². The van der Waals surface area contributed by atoms with Gasteiger partial charge in [-0.1, -0.05) is 17.8 Å². The predicted octanol–water partition coefficient (Wildman–Crippen LogP) is 4.41. The van der Waals surface area contributed by atoms with Crippen LogP contribution in [0.5, 0.6) is 0 Å². The van der Waals surface area contributed by atoms with Gasteiger partial charge in [0, 0.05) is 5.56 Å². The maximum Gasteiger partial charge on any atom is 0.277 e. The van der Waals surface area contributed by atoms with Gasteiger partial charge in [-0.05, 0) is 55.5 Å². The Labute approximate surface area is 159 Å². The molecule has 3 aromatic rings. The van der Waals surface area contributed by atoms with Crippen LogP contribution < -0.4 is 5.32 Å². The molecule has 3 rings (SSSR count). The molecule has 0 saturated carbocycles. The fourth-order valence-corrected chi connectivity index (χ4v) is 3.58. The summed E-state index contributed by atoms with van der Waals surface area (Å²) in [5, 5.41) is 22.0. The molecule has 0 spiro atoms. The van der Waals surface area contributed by atoms with Crippen LogP contribution in [0.3, 0.4) is 0 Å². The number of benzene rings is 1. The number of amides is 1. The molecule has 0 aliphatic rings. The molecule has 1 atom stereocenters. The molecule has 0 aliphatic carbocycles. The zero-order valence-electron chi connectivity index (χ0n) is 14.4. The zero-order chi connectivity index (χ0) is 18.7. The molecule has 0 unspecified atom stereocenters. The molecule has 26 heavy (non-hydrogen) atoms. The van der Waals surface area contributed by atoms with Crippen molar-refractivity contribution in [1.29, 1.82) is 5.26 Å². The summed E-state index contributed by atoms with van der Waals surface area (Å²) in [5.41, 5.74) is 3.64. The van der Waals surface area contributed by atoms with Crippen LogP contribution in [0, 0.1) is 25.2 Å². The van der Waals surface area contributed by atoms with E-state index in [0.29, 0.717) is 21.7 Å². The number of thioether (sulfide) groups is 1. The number of thiophene rings is 1. The van der Waals surface area contributed by atoms with Gasteiger partial charge in [-0.3, -0.25) is 4.79 Å². The quantitative estimate of drug-likeness (QED) is 0.655. The van der Waals surface area contributed by atoms with Crippen molar-refractivity contribution in [2.24, 2.45) is 0 Å². The van der Waals surface area contributed by atoms with Crippen molar-refractivity contribution in [2.45, 2.75) is 31.2 Å². The van der Waals surface area contributed by atoms with Crippen LogP contribution in [0.15, 0.2) is 39.3 Å². The number of carbonyl (C=O) groups is 1. The Hall–Kier alpha value is -2.63. The van der Waals surface area contributed by atoms with Gasteiger partial charge >= 0.3 is 0 Å². The molecule has 6 nitrogen and oxygen atoms in total. The molecule has 1 amide bonds. The van der Waals surface area contributed by atoms with Crippen molar-refractivity contribution in [3.05, 3.63) is 46.3 Å². The molecule has 0 radical (unpaired) electrons. The van der Waals surface area contributed by atoms with Crippen molar-refractivity contribution >= 4 is 34.0 Å². The van der Waals surface area contributed by atoms with E-state index < -0.39 is 5.25 Å². The maximum atomic E-state index is 12.3. The van der Waals surface area contributed by atoms with Gasteiger partial charge in [0.15, 0.2) is 0 Å². The summed E-state index contributed by atoms with van der Waals surface area (Å²) in [6.45, 7) is 5.82. The summed E-state index contributed by atoms with van der Waals surface area (Å²) < 4.78 is 5.68. The Balaban J connectivity index is 1.67. The molecular weight excluding hydrogens is 368 g/mol. The second-order valence-electron chi connectivity index (χ2n) is 5.70. The Kier molecular flexibility index (Phi) is 5.40. The van der Waals surface area contributed by atoms with E-state index in [1.807, 2.05) is 38.1 Å². The molecule has 2 aromatic heterocycles. The molecule has 1 aromatic carbocycles. The minimum absolute atomic E-state index is 0.222. The molecule has 132 valence electrons. The van der Waals surface area contributed by atoms with E-state index in [0.717, 1.165) is 11.1 Å². The Morgan fingerprint density at radius 1 is 1.31 bits per heavy atom. The lowest BCUT2D eigenvalue weighted by Crippen LogP contribution is -2.22. The van der Waals surface area contributed by atoms with Crippen LogP contribution in [-0.2, 0) is 4.79 Å². The number of hydrogen-bond donors (Lipinski definition) is 1. The standard InChI is InChI=1S/C18H16N4O2S2/c1-10-4-5-13(8-11(10)2)16-21-22-18(24-16)26-12(3)15(23)20-17-14(9-19)6-7-25-17/h4-8,12H,1-3H3,(H,20,23)/t12-/m0/s1. The van der Waals surface area contributed by atoms with E-state index in [2.05, 4.69) is 15.5 Å². The van der Waals surface area contributed by atoms with Crippen molar-refractivity contribution < 1.29 is 9.21 Å². The first-order valence-corrected chi connectivity index (χ1v) is 9.60. The number of nitrogens with zero attached hydrogens (tertiary/aromatic N) is 3. The third-order valence-corrected chi connectivity index (χ3v) is 5.59. The first-order chi connectivity index (χ1) is 12.5. The van der Waals surface area contributed by atoms with Crippen molar-refractivity contribution in [3.63, 3.8) is 0 Å². The summed E-state index contributed by atoms with van der Waals surface area (Å²) in [6, 6.07) is 9.65. The van der Waals surface area contributed by atoms with Crippen molar-refractivity contribution in [1.82, 2.24) is 10.2 Å². The Bertz CT molecular complexity index is 987. The smallest absolute Gasteiger partial charge is 0.277 e. The fraction of sp³-hybridized carbons (Fsp3) is 0.222. The number of aryl methyl sites for hydroxylation is 2. The van der Waals surface area contributed by atoms with Crippen LogP contribution >= 0.6 is 23.1 Å².